The Balaban J connectivity index is 1.45. The van der Waals surface area contributed by atoms with Crippen molar-refractivity contribution in [2.45, 2.75) is 291 Å². The first-order chi connectivity index (χ1) is 39.8. The number of allylic oxidation sites excluding steroid dienone is 11. The van der Waals surface area contributed by atoms with E-state index in [1.54, 1.807) is 6.08 Å². The van der Waals surface area contributed by atoms with Gasteiger partial charge in [-0.3, -0.25) is 4.79 Å². The third-order valence-electron chi connectivity index (χ3n) is 15.2. The van der Waals surface area contributed by atoms with Gasteiger partial charge in [0.2, 0.25) is 5.91 Å². The van der Waals surface area contributed by atoms with Crippen LogP contribution in [0.4, 0.5) is 0 Å². The first-order valence-corrected chi connectivity index (χ1v) is 31.2. The molecule has 3 aliphatic heterocycles. The van der Waals surface area contributed by atoms with Gasteiger partial charge in [0.15, 0.2) is 18.9 Å². The van der Waals surface area contributed by atoms with Crippen molar-refractivity contribution in [2.75, 3.05) is 26.4 Å². The first kappa shape index (κ1) is 73.5. The number of hydrogen-bond donors (Lipinski definition) is 12. The van der Waals surface area contributed by atoms with Crippen molar-refractivity contribution in [1.29, 1.82) is 0 Å². The maximum absolute atomic E-state index is 13.3. The average Bonchev–Trinajstić information content (AvgIpc) is 3.59. The van der Waals surface area contributed by atoms with Gasteiger partial charge in [0.25, 0.3) is 0 Å². The lowest BCUT2D eigenvalue weighted by Gasteiger charge is -2.48. The summed E-state index contributed by atoms with van der Waals surface area (Å²) in [6, 6.07) is -0.993. The fraction of sp³-hybridized carbons (Fsp3) is 0.794. The molecule has 19 heteroatoms. The van der Waals surface area contributed by atoms with Crippen molar-refractivity contribution in [3.63, 3.8) is 0 Å². The van der Waals surface area contributed by atoms with Crippen LogP contribution in [0.15, 0.2) is 72.9 Å². The zero-order valence-electron chi connectivity index (χ0n) is 49.4. The molecular weight excluding hydrogens is 1060 g/mol. The molecule has 0 aromatic carbocycles. The number of hydrogen-bond acceptors (Lipinski definition) is 18. The number of nitrogens with one attached hydrogen (secondary N) is 1. The van der Waals surface area contributed by atoms with Gasteiger partial charge >= 0.3 is 0 Å². The Morgan fingerprint density at radius 3 is 1.37 bits per heavy atom. The number of unbranched alkanes of at least 4 members (excludes halogenated alkanes) is 19. The summed E-state index contributed by atoms with van der Waals surface area (Å²) < 4.78 is 34.2. The van der Waals surface area contributed by atoms with Crippen molar-refractivity contribution in [3.8, 4) is 0 Å². The van der Waals surface area contributed by atoms with Crippen molar-refractivity contribution in [3.05, 3.63) is 72.9 Å². The minimum atomic E-state index is -1.98. The molecule has 3 heterocycles. The average molecular weight is 1170 g/mol. The fourth-order valence-electron chi connectivity index (χ4n) is 10.1. The standard InChI is InChI=1S/C63H109NO18/c1-3-5-7-9-11-13-15-17-18-19-20-21-22-23-24-25-26-27-28-29-31-33-35-37-39-41-51(69)64-46(47(68)40-38-36-34-32-30-16-14-12-10-8-6-4-2)45-77-61-57(75)54(72)59(49(43-66)79-61)82-63-58(76)55(73)60(50(44-67)80-63)81-62-56(74)53(71)52(70)48(42-65)78-62/h5,7,11,13,17-18,20-21,30,32,38,40,46-50,52-63,65-68,70-76H,3-4,6,8-10,12,14-16,19,22-29,31,33-37,39,41-45H2,1-2H3,(H,64,69)/b7-5-,13-11-,18-17-,21-20-,32-30+,40-38+. The predicted molar refractivity (Wildman–Crippen MR) is 314 cm³/mol. The highest BCUT2D eigenvalue weighted by Gasteiger charge is 2.53. The molecule has 3 saturated heterocycles. The van der Waals surface area contributed by atoms with E-state index in [4.69, 9.17) is 28.4 Å². The van der Waals surface area contributed by atoms with Crippen molar-refractivity contribution < 1.29 is 89.4 Å². The highest BCUT2D eigenvalue weighted by molar-refractivity contribution is 5.76. The molecule has 17 unspecified atom stereocenters. The lowest BCUT2D eigenvalue weighted by atomic mass is 9.96. The molecule has 474 valence electrons. The van der Waals surface area contributed by atoms with E-state index in [9.17, 15) is 61.0 Å². The van der Waals surface area contributed by atoms with Crippen molar-refractivity contribution >= 4 is 5.91 Å². The first-order valence-electron chi connectivity index (χ1n) is 31.2. The van der Waals surface area contributed by atoms with E-state index in [1.165, 1.54) is 77.0 Å². The molecule has 0 bridgehead atoms. The summed E-state index contributed by atoms with van der Waals surface area (Å²) in [5, 5.41) is 120. The molecule has 0 radical (unpaired) electrons. The highest BCUT2D eigenvalue weighted by Crippen LogP contribution is 2.33. The number of rotatable bonds is 45. The fourth-order valence-corrected chi connectivity index (χ4v) is 10.1. The highest BCUT2D eigenvalue weighted by atomic mass is 16.8. The van der Waals surface area contributed by atoms with Gasteiger partial charge in [-0.1, -0.05) is 183 Å². The van der Waals surface area contributed by atoms with Crippen LogP contribution in [-0.4, -0.2) is 193 Å². The lowest BCUT2D eigenvalue weighted by Crippen LogP contribution is -2.66. The molecule has 3 fully saturated rings. The SMILES string of the molecule is CC/C=C\C/C=C\C/C=C\C/C=C\CCCCCCCCCCCCCCC(=O)NC(COC1OC(CO)C(OC2OC(CO)C(OC3OC(CO)C(O)C(O)C3O)C(O)C2O)C(O)C1O)C(O)/C=C/CC/C=C/CCCCCCCC. The third-order valence-corrected chi connectivity index (χ3v) is 15.2. The zero-order chi connectivity index (χ0) is 59.7. The van der Waals surface area contributed by atoms with Crippen LogP contribution in [-0.2, 0) is 33.2 Å². The van der Waals surface area contributed by atoms with E-state index < -0.39 is 124 Å². The molecule has 3 rings (SSSR count). The molecule has 0 aromatic rings. The Labute approximate surface area is 489 Å². The Kier molecular flexibility index (Phi) is 40.8. The van der Waals surface area contributed by atoms with Crippen molar-refractivity contribution in [1.82, 2.24) is 5.32 Å². The second kappa shape index (κ2) is 45.5. The Bertz CT molecular complexity index is 1780. The third kappa shape index (κ3) is 28.6. The van der Waals surface area contributed by atoms with Gasteiger partial charge in [-0.05, 0) is 70.6 Å². The van der Waals surface area contributed by atoms with Crippen LogP contribution >= 0.6 is 0 Å². The van der Waals surface area contributed by atoms with Gasteiger partial charge in [0, 0.05) is 6.42 Å². The summed E-state index contributed by atoms with van der Waals surface area (Å²) >= 11 is 0. The van der Waals surface area contributed by atoms with E-state index in [0.717, 1.165) is 77.0 Å². The van der Waals surface area contributed by atoms with Crippen molar-refractivity contribution in [2.24, 2.45) is 0 Å². The monoisotopic (exact) mass is 1170 g/mol. The molecule has 3 aliphatic rings. The van der Waals surface area contributed by atoms with Crippen LogP contribution in [0.2, 0.25) is 0 Å². The predicted octanol–water partition coefficient (Wildman–Crippen LogP) is 6.21. The number of carbonyl (C=O) groups is 1. The molecule has 17 atom stereocenters. The minimum absolute atomic E-state index is 0.229. The van der Waals surface area contributed by atoms with E-state index in [1.807, 2.05) is 6.08 Å². The molecule has 19 nitrogen and oxygen atoms in total. The number of aliphatic hydroxyl groups is 11. The topological polar surface area (TPSA) is 307 Å². The number of ether oxygens (including phenoxy) is 6. The second-order valence-electron chi connectivity index (χ2n) is 22.1. The number of carbonyl (C=O) groups excluding carboxylic acids is 1. The zero-order valence-corrected chi connectivity index (χ0v) is 49.4. The van der Waals surface area contributed by atoms with Crippen LogP contribution in [0.5, 0.6) is 0 Å². The van der Waals surface area contributed by atoms with Crippen LogP contribution in [0.3, 0.4) is 0 Å². The summed E-state index contributed by atoms with van der Waals surface area (Å²) in [5.74, 6) is -0.292. The maximum Gasteiger partial charge on any atom is 0.220 e. The summed E-state index contributed by atoms with van der Waals surface area (Å²) in [7, 11) is 0. The molecule has 0 aromatic heterocycles. The summed E-state index contributed by atoms with van der Waals surface area (Å²) in [6.45, 7) is 1.55. The Hall–Kier alpha value is -2.77. The summed E-state index contributed by atoms with van der Waals surface area (Å²) in [4.78, 5) is 13.3. The van der Waals surface area contributed by atoms with E-state index in [-0.39, 0.29) is 18.9 Å². The van der Waals surface area contributed by atoms with Crippen LogP contribution in [0.1, 0.15) is 187 Å². The van der Waals surface area contributed by atoms with E-state index in [2.05, 4.69) is 79.9 Å². The van der Waals surface area contributed by atoms with Gasteiger partial charge in [-0.25, -0.2) is 0 Å². The molecule has 0 saturated carbocycles. The smallest absolute Gasteiger partial charge is 0.220 e. The largest absolute Gasteiger partial charge is 0.394 e. The summed E-state index contributed by atoms with van der Waals surface area (Å²) in [5.41, 5.74) is 0. The Morgan fingerprint density at radius 1 is 0.451 bits per heavy atom. The van der Waals surface area contributed by atoms with Gasteiger partial charge in [-0.15, -0.1) is 0 Å². The quantitative estimate of drug-likeness (QED) is 0.0238. The molecule has 12 N–H and O–H groups in total. The number of aliphatic hydroxyl groups excluding tert-OH is 11. The van der Waals surface area contributed by atoms with E-state index >= 15 is 0 Å². The van der Waals surface area contributed by atoms with Gasteiger partial charge in [-0.2, -0.15) is 0 Å². The van der Waals surface area contributed by atoms with Gasteiger partial charge < -0.3 is 89.9 Å². The molecule has 0 spiro atoms. The summed E-state index contributed by atoms with van der Waals surface area (Å²) in [6.07, 6.45) is 27.5. The van der Waals surface area contributed by atoms with Gasteiger partial charge in [0.1, 0.15) is 73.2 Å². The maximum atomic E-state index is 13.3. The molecule has 82 heavy (non-hydrogen) atoms. The van der Waals surface area contributed by atoms with Crippen LogP contribution in [0.25, 0.3) is 0 Å². The van der Waals surface area contributed by atoms with E-state index in [0.29, 0.717) is 12.8 Å². The second-order valence-corrected chi connectivity index (χ2v) is 22.1. The van der Waals surface area contributed by atoms with Gasteiger partial charge in [0.05, 0.1) is 38.6 Å². The lowest BCUT2D eigenvalue weighted by molar-refractivity contribution is -0.379. The normalized spacial score (nSPS) is 30.1. The molecule has 0 aliphatic carbocycles. The van der Waals surface area contributed by atoms with Crippen LogP contribution < -0.4 is 5.32 Å². The van der Waals surface area contributed by atoms with Crippen LogP contribution in [0, 0.1) is 0 Å². The Morgan fingerprint density at radius 2 is 0.854 bits per heavy atom. The minimum Gasteiger partial charge on any atom is -0.394 e. The molecular formula is C63H109NO18. The molecule has 1 amide bonds. The number of amides is 1.